The van der Waals surface area contributed by atoms with E-state index >= 15 is 0 Å². The second-order valence-electron chi connectivity index (χ2n) is 4.91. The zero-order valence-corrected chi connectivity index (χ0v) is 11.5. The van der Waals surface area contributed by atoms with Crippen molar-refractivity contribution in [2.24, 2.45) is 5.92 Å². The molecule has 0 saturated carbocycles. The van der Waals surface area contributed by atoms with E-state index < -0.39 is 0 Å². The summed E-state index contributed by atoms with van der Waals surface area (Å²) in [5, 5.41) is 3.92. The molecule has 1 aliphatic heterocycles. The van der Waals surface area contributed by atoms with Gasteiger partial charge in [0.25, 0.3) is 0 Å². The quantitative estimate of drug-likeness (QED) is 0.885. The molecule has 0 spiro atoms. The molecule has 100 valence electrons. The summed E-state index contributed by atoms with van der Waals surface area (Å²) >= 11 is 5.86. The summed E-state index contributed by atoms with van der Waals surface area (Å²) in [6.07, 6.45) is 1.23. The number of hydrogen-bond acceptors (Lipinski definition) is 2. The van der Waals surface area contributed by atoms with Crippen LogP contribution in [0.2, 0.25) is 5.02 Å². The van der Waals surface area contributed by atoms with E-state index in [1.165, 1.54) is 19.0 Å². The van der Waals surface area contributed by atoms with Crippen LogP contribution in [0.4, 0.5) is 4.39 Å². The van der Waals surface area contributed by atoms with Gasteiger partial charge in [0.05, 0.1) is 0 Å². The molecule has 0 aliphatic carbocycles. The van der Waals surface area contributed by atoms with Crippen molar-refractivity contribution in [2.45, 2.75) is 19.9 Å². The van der Waals surface area contributed by atoms with E-state index in [-0.39, 0.29) is 5.82 Å². The molecule has 1 aromatic carbocycles. The molecule has 2 rings (SSSR count). The summed E-state index contributed by atoms with van der Waals surface area (Å²) in [5.41, 5.74) is 0.646. The van der Waals surface area contributed by atoms with Crippen LogP contribution in [-0.2, 0) is 6.54 Å². The average Bonchev–Trinajstić information content (AvgIpc) is 2.81. The molecule has 0 radical (unpaired) electrons. The van der Waals surface area contributed by atoms with E-state index in [9.17, 15) is 4.39 Å². The van der Waals surface area contributed by atoms with Crippen LogP contribution < -0.4 is 5.32 Å². The minimum atomic E-state index is -0.187. The Balaban J connectivity index is 1.77. The van der Waals surface area contributed by atoms with E-state index in [2.05, 4.69) is 17.1 Å². The van der Waals surface area contributed by atoms with Crippen LogP contribution in [0.15, 0.2) is 18.2 Å². The summed E-state index contributed by atoms with van der Waals surface area (Å²) in [4.78, 5) is 2.45. The van der Waals surface area contributed by atoms with Gasteiger partial charge in [-0.3, -0.25) is 0 Å². The van der Waals surface area contributed by atoms with Crippen molar-refractivity contribution in [1.29, 1.82) is 0 Å². The van der Waals surface area contributed by atoms with Crippen LogP contribution in [0.3, 0.4) is 0 Å². The molecule has 1 aromatic rings. The van der Waals surface area contributed by atoms with Crippen LogP contribution in [0.25, 0.3) is 0 Å². The highest BCUT2D eigenvalue weighted by Gasteiger charge is 2.20. The molecule has 1 unspecified atom stereocenters. The Kier molecular flexibility index (Phi) is 4.98. The predicted octanol–water partition coefficient (Wildman–Crippen LogP) is 2.91. The lowest BCUT2D eigenvalue weighted by molar-refractivity contribution is 0.338. The van der Waals surface area contributed by atoms with Gasteiger partial charge in [0.2, 0.25) is 0 Å². The van der Waals surface area contributed by atoms with Gasteiger partial charge in [0.1, 0.15) is 5.82 Å². The van der Waals surface area contributed by atoms with Crippen LogP contribution in [0, 0.1) is 11.7 Å². The van der Waals surface area contributed by atoms with Crippen LogP contribution in [-0.4, -0.2) is 31.1 Å². The molecule has 18 heavy (non-hydrogen) atoms. The summed E-state index contributed by atoms with van der Waals surface area (Å²) in [5.74, 6) is 0.501. The van der Waals surface area contributed by atoms with Crippen LogP contribution in [0.5, 0.6) is 0 Å². The van der Waals surface area contributed by atoms with Crippen molar-refractivity contribution in [1.82, 2.24) is 10.2 Å². The van der Waals surface area contributed by atoms with E-state index in [1.54, 1.807) is 12.1 Å². The minimum Gasteiger partial charge on any atom is -0.312 e. The standard InChI is InChI=1S/C14H20ClFN2/c1-2-18-6-5-11(10-18)8-17-9-12-7-13(15)3-4-14(12)16/h3-4,7,11,17H,2,5-6,8-10H2,1H3. The number of nitrogens with one attached hydrogen (secondary N) is 1. The van der Waals surface area contributed by atoms with E-state index in [4.69, 9.17) is 11.6 Å². The summed E-state index contributed by atoms with van der Waals surface area (Å²) in [6.45, 7) is 7.16. The third-order valence-electron chi connectivity index (χ3n) is 3.57. The molecule has 0 bridgehead atoms. The number of benzene rings is 1. The number of likely N-dealkylation sites (tertiary alicyclic amines) is 1. The van der Waals surface area contributed by atoms with E-state index in [1.807, 2.05) is 0 Å². The number of rotatable bonds is 5. The topological polar surface area (TPSA) is 15.3 Å². The molecule has 1 fully saturated rings. The third-order valence-corrected chi connectivity index (χ3v) is 3.81. The molecule has 1 N–H and O–H groups in total. The van der Waals surface area contributed by atoms with Gasteiger partial charge in [-0.1, -0.05) is 18.5 Å². The first-order valence-electron chi connectivity index (χ1n) is 6.56. The lowest BCUT2D eigenvalue weighted by atomic mass is 10.1. The van der Waals surface area contributed by atoms with E-state index in [0.29, 0.717) is 23.0 Å². The van der Waals surface area contributed by atoms with Gasteiger partial charge in [0.15, 0.2) is 0 Å². The van der Waals surface area contributed by atoms with Crippen LogP contribution in [0.1, 0.15) is 18.9 Å². The zero-order chi connectivity index (χ0) is 13.0. The molecule has 1 saturated heterocycles. The first-order valence-corrected chi connectivity index (χ1v) is 6.94. The van der Waals surface area contributed by atoms with Crippen molar-refractivity contribution in [3.05, 3.63) is 34.6 Å². The molecule has 1 aliphatic rings. The smallest absolute Gasteiger partial charge is 0.127 e. The van der Waals surface area contributed by atoms with E-state index in [0.717, 1.165) is 19.6 Å². The van der Waals surface area contributed by atoms with Gasteiger partial charge in [0, 0.05) is 23.7 Å². The zero-order valence-electron chi connectivity index (χ0n) is 10.8. The first-order chi connectivity index (χ1) is 8.69. The SMILES string of the molecule is CCN1CCC(CNCc2cc(Cl)ccc2F)C1. The maximum Gasteiger partial charge on any atom is 0.127 e. The van der Waals surface area contributed by atoms with Gasteiger partial charge in [-0.05, 0) is 50.2 Å². The molecule has 0 aromatic heterocycles. The molecule has 2 nitrogen and oxygen atoms in total. The van der Waals surface area contributed by atoms with Gasteiger partial charge in [-0.15, -0.1) is 0 Å². The van der Waals surface area contributed by atoms with Crippen molar-refractivity contribution in [2.75, 3.05) is 26.2 Å². The molecular weight excluding hydrogens is 251 g/mol. The normalized spacial score (nSPS) is 20.5. The highest BCUT2D eigenvalue weighted by molar-refractivity contribution is 6.30. The summed E-state index contributed by atoms with van der Waals surface area (Å²) < 4.78 is 13.5. The van der Waals surface area contributed by atoms with Crippen molar-refractivity contribution >= 4 is 11.6 Å². The molecular formula is C14H20ClFN2. The summed E-state index contributed by atoms with van der Waals surface area (Å²) in [6, 6.07) is 4.70. The van der Waals surface area contributed by atoms with Gasteiger partial charge in [-0.25, -0.2) is 4.39 Å². The van der Waals surface area contributed by atoms with Crippen molar-refractivity contribution in [3.8, 4) is 0 Å². The highest BCUT2D eigenvalue weighted by atomic mass is 35.5. The Morgan fingerprint density at radius 1 is 1.50 bits per heavy atom. The van der Waals surface area contributed by atoms with Crippen molar-refractivity contribution < 1.29 is 4.39 Å². The minimum absolute atomic E-state index is 0.187. The fourth-order valence-corrected chi connectivity index (χ4v) is 2.65. The van der Waals surface area contributed by atoms with Gasteiger partial charge < -0.3 is 10.2 Å². The second-order valence-corrected chi connectivity index (χ2v) is 5.35. The number of halogens is 2. The third kappa shape index (κ3) is 3.67. The van der Waals surface area contributed by atoms with Crippen molar-refractivity contribution in [3.63, 3.8) is 0 Å². The molecule has 4 heteroatoms. The molecule has 0 amide bonds. The average molecular weight is 271 g/mol. The first kappa shape index (κ1) is 13.8. The highest BCUT2D eigenvalue weighted by Crippen LogP contribution is 2.16. The fraction of sp³-hybridized carbons (Fsp3) is 0.571. The predicted molar refractivity (Wildman–Crippen MR) is 73.3 cm³/mol. The lowest BCUT2D eigenvalue weighted by Crippen LogP contribution is -2.26. The Hall–Kier alpha value is -0.640. The number of nitrogens with zero attached hydrogens (tertiary/aromatic N) is 1. The monoisotopic (exact) mass is 270 g/mol. The number of hydrogen-bond donors (Lipinski definition) is 1. The fourth-order valence-electron chi connectivity index (χ4n) is 2.46. The second kappa shape index (κ2) is 6.50. The Morgan fingerprint density at radius 2 is 2.33 bits per heavy atom. The Morgan fingerprint density at radius 3 is 3.06 bits per heavy atom. The molecule has 1 heterocycles. The lowest BCUT2D eigenvalue weighted by Gasteiger charge is -2.14. The molecule has 1 atom stereocenters. The maximum atomic E-state index is 13.5. The Labute approximate surface area is 113 Å². The van der Waals surface area contributed by atoms with Crippen LogP contribution >= 0.6 is 11.6 Å². The van der Waals surface area contributed by atoms with Gasteiger partial charge in [-0.2, -0.15) is 0 Å². The van der Waals surface area contributed by atoms with Gasteiger partial charge >= 0.3 is 0 Å². The largest absolute Gasteiger partial charge is 0.312 e. The summed E-state index contributed by atoms with van der Waals surface area (Å²) in [7, 11) is 0. The Bertz CT molecular complexity index is 397. The maximum absolute atomic E-state index is 13.5.